The van der Waals surface area contributed by atoms with Gasteiger partial charge in [0, 0.05) is 7.11 Å². The molecule has 70 valence electrons. The smallest absolute Gasteiger partial charge is 0.332 e. The molecule has 0 rings (SSSR count). The number of amides is 1. The lowest BCUT2D eigenvalue weighted by Gasteiger charge is -2.02. The minimum atomic E-state index is -1.14. The molecule has 0 heterocycles. The third kappa shape index (κ3) is 6.97. The number of carboxylic acids is 1. The van der Waals surface area contributed by atoms with Crippen LogP contribution >= 0.6 is 0 Å². The van der Waals surface area contributed by atoms with Crippen LogP contribution < -0.4 is 5.48 Å². The zero-order chi connectivity index (χ0) is 9.40. The van der Waals surface area contributed by atoms with Gasteiger partial charge in [0.05, 0.1) is 13.0 Å². The standard InChI is InChI=1S/C6H11NO5/c1-11-3-2-5(8)7-12-4-6(9)10/h2-4H2,1H3,(H,7,8)(H,9,10). The fourth-order valence-electron chi connectivity index (χ4n) is 0.424. The number of ether oxygens (including phenoxy) is 1. The van der Waals surface area contributed by atoms with Gasteiger partial charge in [-0.1, -0.05) is 0 Å². The van der Waals surface area contributed by atoms with E-state index in [-0.39, 0.29) is 13.0 Å². The number of hydrogen-bond donors (Lipinski definition) is 2. The van der Waals surface area contributed by atoms with Gasteiger partial charge < -0.3 is 9.84 Å². The number of carbonyl (C=O) groups excluding carboxylic acids is 1. The Morgan fingerprint density at radius 1 is 1.50 bits per heavy atom. The highest BCUT2D eigenvalue weighted by atomic mass is 16.7. The Kier molecular flexibility index (Phi) is 5.94. The van der Waals surface area contributed by atoms with Crippen molar-refractivity contribution in [1.82, 2.24) is 5.48 Å². The van der Waals surface area contributed by atoms with E-state index in [0.717, 1.165) is 0 Å². The largest absolute Gasteiger partial charge is 0.479 e. The number of hydrogen-bond acceptors (Lipinski definition) is 4. The fraction of sp³-hybridized carbons (Fsp3) is 0.667. The second-order valence-corrected chi connectivity index (χ2v) is 1.95. The van der Waals surface area contributed by atoms with Crippen molar-refractivity contribution < 1.29 is 24.3 Å². The van der Waals surface area contributed by atoms with Crippen LogP contribution in [0.3, 0.4) is 0 Å². The lowest BCUT2D eigenvalue weighted by Crippen LogP contribution is -2.27. The van der Waals surface area contributed by atoms with E-state index in [9.17, 15) is 9.59 Å². The molecule has 1 amide bonds. The number of aliphatic carboxylic acids is 1. The molecule has 0 saturated carbocycles. The van der Waals surface area contributed by atoms with Gasteiger partial charge in [-0.3, -0.25) is 9.63 Å². The molecular weight excluding hydrogens is 166 g/mol. The van der Waals surface area contributed by atoms with E-state index in [1.165, 1.54) is 7.11 Å². The molecule has 0 aromatic carbocycles. The Hall–Kier alpha value is -1.14. The topological polar surface area (TPSA) is 84.9 Å². The molecule has 0 aliphatic rings. The van der Waals surface area contributed by atoms with Gasteiger partial charge >= 0.3 is 5.97 Å². The first kappa shape index (κ1) is 10.9. The van der Waals surface area contributed by atoms with Gasteiger partial charge in [0.2, 0.25) is 5.91 Å². The molecule has 6 heteroatoms. The van der Waals surface area contributed by atoms with Crippen molar-refractivity contribution in [2.24, 2.45) is 0 Å². The number of carboxylic acid groups (broad SMARTS) is 1. The van der Waals surface area contributed by atoms with E-state index >= 15 is 0 Å². The summed E-state index contributed by atoms with van der Waals surface area (Å²) in [6, 6.07) is 0. The quantitative estimate of drug-likeness (QED) is 0.516. The summed E-state index contributed by atoms with van der Waals surface area (Å²) in [6.45, 7) is -0.263. The van der Waals surface area contributed by atoms with Crippen molar-refractivity contribution in [3.05, 3.63) is 0 Å². The third-order valence-electron chi connectivity index (χ3n) is 0.915. The molecule has 0 aromatic heterocycles. The van der Waals surface area contributed by atoms with Gasteiger partial charge in [0.1, 0.15) is 0 Å². The molecule has 0 aliphatic heterocycles. The molecule has 2 N–H and O–H groups in total. The first-order valence-electron chi connectivity index (χ1n) is 3.28. The molecule has 0 bridgehead atoms. The summed E-state index contributed by atoms with van der Waals surface area (Å²) < 4.78 is 4.61. The Bertz CT molecular complexity index is 158. The number of carbonyl (C=O) groups is 2. The number of methoxy groups -OCH3 is 1. The van der Waals surface area contributed by atoms with Gasteiger partial charge in [0.25, 0.3) is 0 Å². The highest BCUT2D eigenvalue weighted by Crippen LogP contribution is 1.80. The highest BCUT2D eigenvalue weighted by molar-refractivity contribution is 5.75. The van der Waals surface area contributed by atoms with Gasteiger partial charge in [-0.15, -0.1) is 0 Å². The van der Waals surface area contributed by atoms with Gasteiger partial charge in [-0.25, -0.2) is 10.3 Å². The SMILES string of the molecule is COCCC(=O)NOCC(=O)O. The molecular formula is C6H11NO5. The van der Waals surface area contributed by atoms with Crippen LogP contribution in [0.25, 0.3) is 0 Å². The summed E-state index contributed by atoms with van der Waals surface area (Å²) in [4.78, 5) is 24.9. The van der Waals surface area contributed by atoms with Crippen LogP contribution in [0, 0.1) is 0 Å². The molecule has 0 radical (unpaired) electrons. The third-order valence-corrected chi connectivity index (χ3v) is 0.915. The number of nitrogens with one attached hydrogen (secondary N) is 1. The second-order valence-electron chi connectivity index (χ2n) is 1.95. The van der Waals surface area contributed by atoms with E-state index < -0.39 is 18.5 Å². The normalized spacial score (nSPS) is 9.42. The van der Waals surface area contributed by atoms with Crippen molar-refractivity contribution in [2.75, 3.05) is 20.3 Å². The Morgan fingerprint density at radius 2 is 2.17 bits per heavy atom. The number of rotatable bonds is 6. The fourth-order valence-corrected chi connectivity index (χ4v) is 0.424. The van der Waals surface area contributed by atoms with Crippen molar-refractivity contribution in [2.45, 2.75) is 6.42 Å². The van der Waals surface area contributed by atoms with Crippen LogP contribution in [0.5, 0.6) is 0 Å². The summed E-state index contributed by atoms with van der Waals surface area (Å²) in [5, 5.41) is 8.10. The van der Waals surface area contributed by atoms with Crippen LogP contribution in [0.15, 0.2) is 0 Å². The van der Waals surface area contributed by atoms with Crippen LogP contribution in [0.4, 0.5) is 0 Å². The van der Waals surface area contributed by atoms with Crippen LogP contribution in [-0.4, -0.2) is 37.3 Å². The highest BCUT2D eigenvalue weighted by Gasteiger charge is 2.01. The molecule has 0 fully saturated rings. The average Bonchev–Trinajstić information content (AvgIpc) is 2.00. The van der Waals surface area contributed by atoms with E-state index in [1.807, 2.05) is 5.48 Å². The van der Waals surface area contributed by atoms with Crippen molar-refractivity contribution >= 4 is 11.9 Å². The zero-order valence-electron chi connectivity index (χ0n) is 6.70. The summed E-state index contributed by atoms with van der Waals surface area (Å²) in [5.41, 5.74) is 1.95. The van der Waals surface area contributed by atoms with E-state index in [2.05, 4.69) is 9.57 Å². The molecule has 0 aromatic rings. The maximum atomic E-state index is 10.7. The summed E-state index contributed by atoms with van der Waals surface area (Å²) in [6.07, 6.45) is 0.149. The lowest BCUT2D eigenvalue weighted by molar-refractivity contribution is -0.149. The lowest BCUT2D eigenvalue weighted by atomic mass is 10.4. The van der Waals surface area contributed by atoms with Gasteiger partial charge in [-0.2, -0.15) is 0 Å². The maximum absolute atomic E-state index is 10.7. The first-order valence-corrected chi connectivity index (χ1v) is 3.28. The Morgan fingerprint density at radius 3 is 2.67 bits per heavy atom. The monoisotopic (exact) mass is 177 g/mol. The molecule has 0 spiro atoms. The van der Waals surface area contributed by atoms with Crippen molar-refractivity contribution in [3.8, 4) is 0 Å². The Balaban J connectivity index is 3.25. The van der Waals surface area contributed by atoms with Crippen LogP contribution in [-0.2, 0) is 19.2 Å². The van der Waals surface area contributed by atoms with Gasteiger partial charge in [-0.05, 0) is 0 Å². The predicted octanol–water partition coefficient (Wildman–Crippen LogP) is -0.845. The van der Waals surface area contributed by atoms with Crippen molar-refractivity contribution in [1.29, 1.82) is 0 Å². The molecule has 0 atom stereocenters. The molecule has 12 heavy (non-hydrogen) atoms. The minimum Gasteiger partial charge on any atom is -0.479 e. The van der Waals surface area contributed by atoms with Crippen LogP contribution in [0.2, 0.25) is 0 Å². The molecule has 0 saturated heterocycles. The summed E-state index contributed by atoms with van der Waals surface area (Å²) in [5.74, 6) is -1.54. The predicted molar refractivity (Wildman–Crippen MR) is 38.2 cm³/mol. The summed E-state index contributed by atoms with van der Waals surface area (Å²) >= 11 is 0. The molecule has 0 unspecified atom stereocenters. The first-order chi connectivity index (χ1) is 5.66. The van der Waals surface area contributed by atoms with Gasteiger partial charge in [0.15, 0.2) is 6.61 Å². The van der Waals surface area contributed by atoms with Crippen LogP contribution in [0.1, 0.15) is 6.42 Å². The van der Waals surface area contributed by atoms with E-state index in [0.29, 0.717) is 0 Å². The number of hydroxylamine groups is 1. The van der Waals surface area contributed by atoms with E-state index in [1.54, 1.807) is 0 Å². The van der Waals surface area contributed by atoms with Crippen molar-refractivity contribution in [3.63, 3.8) is 0 Å². The summed E-state index contributed by atoms with van der Waals surface area (Å²) in [7, 11) is 1.46. The van der Waals surface area contributed by atoms with E-state index in [4.69, 9.17) is 5.11 Å². The maximum Gasteiger partial charge on any atom is 0.332 e. The second kappa shape index (κ2) is 6.56. The average molecular weight is 177 g/mol. The molecule has 6 nitrogen and oxygen atoms in total. The molecule has 0 aliphatic carbocycles. The zero-order valence-corrected chi connectivity index (χ0v) is 6.70. The Labute approximate surface area is 69.4 Å². The minimum absolute atomic E-state index is 0.149.